The number of carbonyl (C=O) groups is 2. The van der Waals surface area contributed by atoms with Crippen LogP contribution in [-0.4, -0.2) is 69.4 Å². The molecule has 3 atom stereocenters. The molecule has 0 fully saturated rings. The van der Waals surface area contributed by atoms with Gasteiger partial charge in [0.05, 0.1) is 33.8 Å². The van der Waals surface area contributed by atoms with Gasteiger partial charge in [0.1, 0.15) is 19.3 Å². The molecule has 0 rings (SSSR count). The summed E-state index contributed by atoms with van der Waals surface area (Å²) in [6.07, 6.45) is 81.5. The van der Waals surface area contributed by atoms with E-state index in [0.717, 1.165) is 89.9 Å². The van der Waals surface area contributed by atoms with E-state index in [-0.39, 0.29) is 24.9 Å². The van der Waals surface area contributed by atoms with Crippen LogP contribution in [0, 0.1) is 0 Å². The molecule has 0 aliphatic heterocycles. The summed E-state index contributed by atoms with van der Waals surface area (Å²) in [7, 11) is 1.18. The molecular formula is C73H135N2O7P. The molecule has 484 valence electrons. The van der Waals surface area contributed by atoms with E-state index in [1.807, 2.05) is 33.3 Å². The third kappa shape index (κ3) is 63.8. The fraction of sp³-hybridized carbons (Fsp3) is 0.808. The van der Waals surface area contributed by atoms with Crippen LogP contribution in [0.15, 0.2) is 72.9 Å². The number of nitrogens with one attached hydrogen (secondary N) is 1. The van der Waals surface area contributed by atoms with Gasteiger partial charge in [-0.05, 0) is 102 Å². The first-order valence-corrected chi connectivity index (χ1v) is 36.7. The second-order valence-corrected chi connectivity index (χ2v) is 26.4. The summed E-state index contributed by atoms with van der Waals surface area (Å²) in [6, 6.07) is -0.894. The van der Waals surface area contributed by atoms with Gasteiger partial charge < -0.3 is 28.5 Å². The fourth-order valence-corrected chi connectivity index (χ4v) is 10.9. The zero-order chi connectivity index (χ0) is 60.7. The van der Waals surface area contributed by atoms with E-state index in [9.17, 15) is 19.0 Å². The molecule has 0 heterocycles. The molecule has 0 aliphatic rings. The Kier molecular flexibility index (Phi) is 60.6. The molecule has 0 bridgehead atoms. The number of esters is 1. The van der Waals surface area contributed by atoms with Crippen molar-refractivity contribution in [3.05, 3.63) is 72.9 Å². The van der Waals surface area contributed by atoms with Crippen LogP contribution in [0.5, 0.6) is 0 Å². The average molecular weight is 1180 g/mol. The summed E-state index contributed by atoms with van der Waals surface area (Å²) < 4.78 is 30.5. The van der Waals surface area contributed by atoms with E-state index in [2.05, 4.69) is 86.8 Å². The normalized spacial score (nSPS) is 14.0. The van der Waals surface area contributed by atoms with Gasteiger partial charge in [-0.2, -0.15) is 0 Å². The molecule has 0 aromatic heterocycles. The Hall–Kier alpha value is -2.55. The van der Waals surface area contributed by atoms with Gasteiger partial charge in [0, 0.05) is 12.8 Å². The predicted octanol–water partition coefficient (Wildman–Crippen LogP) is 21.7. The Morgan fingerprint density at radius 3 is 1.12 bits per heavy atom. The third-order valence-electron chi connectivity index (χ3n) is 15.6. The number of rotatable bonds is 64. The van der Waals surface area contributed by atoms with Crippen molar-refractivity contribution >= 4 is 19.7 Å². The Morgan fingerprint density at radius 1 is 0.422 bits per heavy atom. The lowest BCUT2D eigenvalue weighted by molar-refractivity contribution is -0.870. The Morgan fingerprint density at radius 2 is 0.735 bits per heavy atom. The molecule has 0 aliphatic carbocycles. The van der Waals surface area contributed by atoms with Crippen molar-refractivity contribution in [2.45, 2.75) is 341 Å². The number of quaternary nitrogens is 1. The standard InChI is InChI=1S/C73H135N2O7P/c1-7-10-13-16-19-22-25-28-30-32-34-35-36-37-38-39-41-42-44-47-50-53-56-59-62-65-72(76)74-70(69-81-83(78,79)80-68-67-75(4,5)6)71(64-61-58-55-52-49-46-27-24-21-18-15-12-9-3)82-73(77)66-63-60-57-54-51-48-45-43-40-33-31-29-26-23-20-17-14-11-8-2/h19-20,22-23,28-31,34-35,61,64,70-71H,7-18,21,24-27,32-33,36-60,62-63,65-69H2,1-6H3,(H-,74,76,78,79)/b22-19-,23-20-,30-28-,31-29-,35-34-,64-61-. The number of ether oxygens (including phenoxy) is 1. The molecule has 0 radical (unpaired) electrons. The van der Waals surface area contributed by atoms with Crippen LogP contribution in [0.25, 0.3) is 0 Å². The van der Waals surface area contributed by atoms with Gasteiger partial charge in [0.2, 0.25) is 5.91 Å². The highest BCUT2D eigenvalue weighted by molar-refractivity contribution is 7.45. The first-order chi connectivity index (χ1) is 40.4. The summed E-state index contributed by atoms with van der Waals surface area (Å²) in [5.74, 6) is -0.539. The van der Waals surface area contributed by atoms with Crippen LogP contribution >= 0.6 is 7.82 Å². The molecule has 0 spiro atoms. The van der Waals surface area contributed by atoms with Crippen LogP contribution in [0.3, 0.4) is 0 Å². The highest BCUT2D eigenvalue weighted by Gasteiger charge is 2.27. The largest absolute Gasteiger partial charge is 0.756 e. The minimum Gasteiger partial charge on any atom is -0.756 e. The first kappa shape index (κ1) is 80.5. The lowest BCUT2D eigenvalue weighted by Gasteiger charge is -2.30. The molecule has 0 aromatic carbocycles. The van der Waals surface area contributed by atoms with Crippen molar-refractivity contribution in [3.8, 4) is 0 Å². The molecule has 1 N–H and O–H groups in total. The molecule has 83 heavy (non-hydrogen) atoms. The summed E-state index contributed by atoms with van der Waals surface area (Å²) in [6.45, 7) is 6.82. The summed E-state index contributed by atoms with van der Waals surface area (Å²) in [4.78, 5) is 40.2. The summed E-state index contributed by atoms with van der Waals surface area (Å²) in [5, 5.41) is 3.04. The third-order valence-corrected chi connectivity index (χ3v) is 16.6. The number of phosphoric acid groups is 1. The van der Waals surface area contributed by atoms with Crippen LogP contribution in [0.2, 0.25) is 0 Å². The molecule has 10 heteroatoms. The molecule has 9 nitrogen and oxygen atoms in total. The van der Waals surface area contributed by atoms with Crippen LogP contribution < -0.4 is 10.2 Å². The van der Waals surface area contributed by atoms with E-state index in [1.165, 1.54) is 205 Å². The van der Waals surface area contributed by atoms with Gasteiger partial charge in [-0.1, -0.05) is 287 Å². The number of unbranched alkanes of at least 4 members (excludes halogenated alkanes) is 38. The highest BCUT2D eigenvalue weighted by Crippen LogP contribution is 2.38. The molecular weight excluding hydrogens is 1050 g/mol. The van der Waals surface area contributed by atoms with E-state index >= 15 is 0 Å². The van der Waals surface area contributed by atoms with Crippen LogP contribution in [-0.2, 0) is 27.9 Å². The minimum atomic E-state index is -4.71. The second-order valence-electron chi connectivity index (χ2n) is 25.0. The second kappa shape index (κ2) is 62.5. The van der Waals surface area contributed by atoms with Crippen LogP contribution in [0.4, 0.5) is 0 Å². The molecule has 0 saturated heterocycles. The maximum Gasteiger partial charge on any atom is 0.306 e. The van der Waals surface area contributed by atoms with Gasteiger partial charge in [0.15, 0.2) is 0 Å². The van der Waals surface area contributed by atoms with Gasteiger partial charge in [0.25, 0.3) is 7.82 Å². The Labute approximate surface area is 514 Å². The van der Waals surface area contributed by atoms with E-state index in [4.69, 9.17) is 13.8 Å². The number of carbonyl (C=O) groups excluding carboxylic acids is 2. The fourth-order valence-electron chi connectivity index (χ4n) is 10.1. The van der Waals surface area contributed by atoms with Crippen molar-refractivity contribution < 1.29 is 37.3 Å². The maximum absolute atomic E-state index is 13.6. The van der Waals surface area contributed by atoms with Gasteiger partial charge >= 0.3 is 5.97 Å². The quantitative estimate of drug-likeness (QED) is 0.0212. The number of hydrogen-bond donors (Lipinski definition) is 1. The Balaban J connectivity index is 5.11. The van der Waals surface area contributed by atoms with Crippen molar-refractivity contribution in [1.29, 1.82) is 0 Å². The molecule has 0 saturated carbocycles. The monoisotopic (exact) mass is 1180 g/mol. The van der Waals surface area contributed by atoms with Gasteiger partial charge in [-0.25, -0.2) is 0 Å². The topological polar surface area (TPSA) is 114 Å². The summed E-state index contributed by atoms with van der Waals surface area (Å²) in [5.41, 5.74) is 0. The van der Waals surface area contributed by atoms with Gasteiger partial charge in [-0.3, -0.25) is 14.2 Å². The lowest BCUT2D eigenvalue weighted by atomic mass is 10.0. The maximum atomic E-state index is 13.6. The number of likely N-dealkylation sites (N-methyl/N-ethyl adjacent to an activating group) is 1. The van der Waals surface area contributed by atoms with Crippen molar-refractivity contribution in [2.24, 2.45) is 0 Å². The minimum absolute atomic E-state index is 0.0245. The SMILES string of the molecule is CCCCC/C=C\C/C=C\C/C=C\CCCCCCCCCCCCCCC(=O)NC(COP(=O)([O-])OCC[N+](C)(C)C)C(/C=C\CCCCCCCCCCCCC)OC(=O)CCCCCCCCCCC/C=C\C/C=C\CCCCC. The molecule has 3 unspecified atom stereocenters. The number of nitrogens with zero attached hydrogens (tertiary/aromatic N) is 1. The number of phosphoric ester groups is 1. The van der Waals surface area contributed by atoms with E-state index < -0.39 is 26.6 Å². The first-order valence-electron chi connectivity index (χ1n) is 35.2. The molecule has 0 aromatic rings. The van der Waals surface area contributed by atoms with Crippen molar-refractivity contribution in [1.82, 2.24) is 5.32 Å². The van der Waals surface area contributed by atoms with Gasteiger partial charge in [-0.15, -0.1) is 0 Å². The zero-order valence-corrected chi connectivity index (χ0v) is 56.3. The van der Waals surface area contributed by atoms with E-state index in [1.54, 1.807) is 0 Å². The lowest BCUT2D eigenvalue weighted by Crippen LogP contribution is -2.47. The van der Waals surface area contributed by atoms with Crippen LogP contribution in [0.1, 0.15) is 329 Å². The predicted molar refractivity (Wildman–Crippen MR) is 358 cm³/mol. The number of amides is 1. The zero-order valence-electron chi connectivity index (χ0n) is 55.4. The highest BCUT2D eigenvalue weighted by atomic mass is 31.2. The Bertz CT molecular complexity index is 1650. The average Bonchev–Trinajstić information content (AvgIpc) is 3.46. The number of hydrogen-bond acceptors (Lipinski definition) is 7. The summed E-state index contributed by atoms with van der Waals surface area (Å²) >= 11 is 0. The smallest absolute Gasteiger partial charge is 0.306 e. The molecule has 1 amide bonds. The van der Waals surface area contributed by atoms with Crippen molar-refractivity contribution in [2.75, 3.05) is 40.9 Å². The van der Waals surface area contributed by atoms with E-state index in [0.29, 0.717) is 17.4 Å². The number of allylic oxidation sites excluding steroid dienone is 11. The van der Waals surface area contributed by atoms with Crippen molar-refractivity contribution in [3.63, 3.8) is 0 Å².